The number of alkyl halides is 1. The van der Waals surface area contributed by atoms with Gasteiger partial charge in [-0.15, -0.1) is 11.6 Å². The number of hydrogen-bond donors (Lipinski definition) is 0. The maximum Gasteiger partial charge on any atom is 0.127 e. The Labute approximate surface area is 112 Å². The summed E-state index contributed by atoms with van der Waals surface area (Å²) in [4.78, 5) is 4.29. The highest BCUT2D eigenvalue weighted by Gasteiger charge is 2.14. The number of hydrogen-bond acceptors (Lipinski definition) is 1. The van der Waals surface area contributed by atoms with Crippen LogP contribution < -0.4 is 0 Å². The molecule has 2 rings (SSSR count). The first-order valence-corrected chi connectivity index (χ1v) is 6.31. The normalized spacial score (nSPS) is 12.4. The molecule has 0 aliphatic rings. The fourth-order valence-corrected chi connectivity index (χ4v) is 2.14. The predicted octanol–water partition coefficient (Wildman–Crippen LogP) is 4.36. The van der Waals surface area contributed by atoms with Crippen LogP contribution in [0.25, 0.3) is 0 Å². The molecule has 0 aliphatic carbocycles. The van der Waals surface area contributed by atoms with Crippen LogP contribution in [0.15, 0.2) is 36.5 Å². The molecule has 2 aromatic rings. The highest BCUT2D eigenvalue weighted by molar-refractivity contribution is 6.20. The molecular weight excluding hydrogens is 249 g/mol. The summed E-state index contributed by atoms with van der Waals surface area (Å²) in [6, 6.07) is 8.91. The third-order valence-corrected chi connectivity index (χ3v) is 3.24. The Bertz CT molecular complexity index is 537. The molecule has 0 N–H and O–H groups in total. The van der Waals surface area contributed by atoms with E-state index in [9.17, 15) is 4.39 Å². The maximum absolute atomic E-state index is 13.7. The first-order chi connectivity index (χ1) is 8.56. The van der Waals surface area contributed by atoms with Gasteiger partial charge >= 0.3 is 0 Å². The van der Waals surface area contributed by atoms with Gasteiger partial charge in [0, 0.05) is 23.9 Å². The second kappa shape index (κ2) is 5.49. The van der Waals surface area contributed by atoms with Crippen LogP contribution in [0.1, 0.15) is 27.8 Å². The largest absolute Gasteiger partial charge is 0.261 e. The molecule has 1 aromatic carbocycles. The van der Waals surface area contributed by atoms with E-state index in [0.717, 1.165) is 16.8 Å². The first-order valence-electron chi connectivity index (χ1n) is 5.88. The fraction of sp³-hybridized carbons (Fsp3) is 0.267. The summed E-state index contributed by atoms with van der Waals surface area (Å²) in [5, 5.41) is -0.389. The van der Waals surface area contributed by atoms with Gasteiger partial charge in [0.1, 0.15) is 5.82 Å². The minimum Gasteiger partial charge on any atom is -0.261 e. The Morgan fingerprint density at radius 2 is 1.89 bits per heavy atom. The zero-order chi connectivity index (χ0) is 13.1. The van der Waals surface area contributed by atoms with Crippen LogP contribution in [0.4, 0.5) is 4.39 Å². The lowest BCUT2D eigenvalue weighted by Crippen LogP contribution is -2.01. The predicted molar refractivity (Wildman–Crippen MR) is 72.4 cm³/mol. The molecule has 1 heterocycles. The lowest BCUT2D eigenvalue weighted by Gasteiger charge is -2.11. The minimum atomic E-state index is -0.389. The van der Waals surface area contributed by atoms with Crippen molar-refractivity contribution in [3.05, 3.63) is 64.7 Å². The Morgan fingerprint density at radius 3 is 2.56 bits per heavy atom. The van der Waals surface area contributed by atoms with Crippen molar-refractivity contribution in [2.24, 2.45) is 0 Å². The number of aryl methyl sites for hydroxylation is 2. The average Bonchev–Trinajstić information content (AvgIpc) is 2.35. The maximum atomic E-state index is 13.7. The van der Waals surface area contributed by atoms with Gasteiger partial charge in [0.25, 0.3) is 0 Å². The van der Waals surface area contributed by atoms with E-state index in [4.69, 9.17) is 11.6 Å². The van der Waals surface area contributed by atoms with Crippen LogP contribution in [-0.4, -0.2) is 4.98 Å². The smallest absolute Gasteiger partial charge is 0.127 e. The van der Waals surface area contributed by atoms with E-state index < -0.39 is 0 Å². The van der Waals surface area contributed by atoms with Gasteiger partial charge in [-0.3, -0.25) is 4.98 Å². The molecule has 0 bridgehead atoms. The number of pyridine rings is 1. The first kappa shape index (κ1) is 13.0. The van der Waals surface area contributed by atoms with Crippen molar-refractivity contribution in [3.8, 4) is 0 Å². The molecule has 0 fully saturated rings. The molecule has 0 spiro atoms. The molecule has 1 aromatic heterocycles. The molecule has 0 saturated heterocycles. The molecule has 0 radical (unpaired) electrons. The highest BCUT2D eigenvalue weighted by Crippen LogP contribution is 2.27. The standard InChI is InChI=1S/C15H15ClFN/c1-10-4-6-15(17)13(7-10)14(16)8-12-5-3-11(2)9-18-12/h3-7,9,14H,8H2,1-2H3. The van der Waals surface area contributed by atoms with Crippen molar-refractivity contribution in [2.45, 2.75) is 25.6 Å². The summed E-state index contributed by atoms with van der Waals surface area (Å²) in [6.45, 7) is 3.91. The summed E-state index contributed by atoms with van der Waals surface area (Å²) in [6.07, 6.45) is 2.33. The number of benzene rings is 1. The molecular formula is C15H15ClFN. The summed E-state index contributed by atoms with van der Waals surface area (Å²) in [5.74, 6) is -0.257. The summed E-state index contributed by atoms with van der Waals surface area (Å²) in [5.41, 5.74) is 3.53. The van der Waals surface area contributed by atoms with Crippen LogP contribution in [0.2, 0.25) is 0 Å². The van der Waals surface area contributed by atoms with E-state index in [-0.39, 0.29) is 11.2 Å². The van der Waals surface area contributed by atoms with Crippen molar-refractivity contribution in [1.29, 1.82) is 0 Å². The van der Waals surface area contributed by atoms with E-state index in [0.29, 0.717) is 12.0 Å². The molecule has 1 nitrogen and oxygen atoms in total. The number of aromatic nitrogens is 1. The molecule has 0 saturated carbocycles. The quantitative estimate of drug-likeness (QED) is 0.750. The van der Waals surface area contributed by atoms with Gasteiger partial charge in [0.05, 0.1) is 5.38 Å². The molecule has 3 heteroatoms. The van der Waals surface area contributed by atoms with E-state index in [2.05, 4.69) is 4.98 Å². The zero-order valence-corrected chi connectivity index (χ0v) is 11.2. The van der Waals surface area contributed by atoms with Crippen molar-refractivity contribution in [3.63, 3.8) is 0 Å². The molecule has 0 aliphatic heterocycles. The minimum absolute atomic E-state index is 0.257. The monoisotopic (exact) mass is 263 g/mol. The topological polar surface area (TPSA) is 12.9 Å². The third kappa shape index (κ3) is 3.08. The van der Waals surface area contributed by atoms with Crippen LogP contribution >= 0.6 is 11.6 Å². The Hall–Kier alpha value is -1.41. The second-order valence-corrected chi connectivity index (χ2v) is 5.05. The Morgan fingerprint density at radius 1 is 1.17 bits per heavy atom. The van der Waals surface area contributed by atoms with Gasteiger partial charge in [-0.1, -0.05) is 23.8 Å². The molecule has 1 atom stereocenters. The van der Waals surface area contributed by atoms with Gasteiger partial charge in [0.15, 0.2) is 0 Å². The van der Waals surface area contributed by atoms with Gasteiger partial charge in [-0.05, 0) is 31.5 Å². The molecule has 18 heavy (non-hydrogen) atoms. The van der Waals surface area contributed by atoms with Crippen molar-refractivity contribution in [1.82, 2.24) is 4.98 Å². The number of rotatable bonds is 3. The van der Waals surface area contributed by atoms with E-state index in [1.165, 1.54) is 6.07 Å². The lowest BCUT2D eigenvalue weighted by molar-refractivity contribution is 0.604. The summed E-state index contributed by atoms with van der Waals surface area (Å²) < 4.78 is 13.7. The highest BCUT2D eigenvalue weighted by atomic mass is 35.5. The molecule has 0 amide bonds. The van der Waals surface area contributed by atoms with E-state index in [1.54, 1.807) is 18.3 Å². The molecule has 94 valence electrons. The van der Waals surface area contributed by atoms with Crippen LogP contribution in [0.5, 0.6) is 0 Å². The van der Waals surface area contributed by atoms with E-state index >= 15 is 0 Å². The van der Waals surface area contributed by atoms with Crippen LogP contribution in [0, 0.1) is 19.7 Å². The van der Waals surface area contributed by atoms with Crippen molar-refractivity contribution < 1.29 is 4.39 Å². The summed E-state index contributed by atoms with van der Waals surface area (Å²) >= 11 is 6.28. The zero-order valence-electron chi connectivity index (χ0n) is 10.5. The Kier molecular flexibility index (Phi) is 3.97. The lowest BCUT2D eigenvalue weighted by atomic mass is 10.0. The van der Waals surface area contributed by atoms with Gasteiger partial charge in [-0.2, -0.15) is 0 Å². The van der Waals surface area contributed by atoms with Gasteiger partial charge in [-0.25, -0.2) is 4.39 Å². The Balaban J connectivity index is 2.18. The van der Waals surface area contributed by atoms with E-state index in [1.807, 2.05) is 26.0 Å². The summed E-state index contributed by atoms with van der Waals surface area (Å²) in [7, 11) is 0. The third-order valence-electron chi connectivity index (χ3n) is 2.85. The average molecular weight is 264 g/mol. The van der Waals surface area contributed by atoms with Gasteiger partial charge in [0.2, 0.25) is 0 Å². The second-order valence-electron chi connectivity index (χ2n) is 4.52. The number of nitrogens with zero attached hydrogens (tertiary/aromatic N) is 1. The number of halogens is 2. The van der Waals surface area contributed by atoms with Crippen LogP contribution in [-0.2, 0) is 6.42 Å². The SMILES string of the molecule is Cc1ccc(CC(Cl)c2cc(C)ccc2F)nc1. The van der Waals surface area contributed by atoms with Crippen molar-refractivity contribution >= 4 is 11.6 Å². The molecule has 1 unspecified atom stereocenters. The van der Waals surface area contributed by atoms with Crippen molar-refractivity contribution in [2.75, 3.05) is 0 Å². The fourth-order valence-electron chi connectivity index (χ4n) is 1.82. The van der Waals surface area contributed by atoms with Gasteiger partial charge < -0.3 is 0 Å². The van der Waals surface area contributed by atoms with Crippen LogP contribution in [0.3, 0.4) is 0 Å².